The molecule has 0 nitrogen and oxygen atoms in total. The van der Waals surface area contributed by atoms with Gasteiger partial charge in [-0.05, 0) is 10.6 Å². The SMILES string of the molecule is CC(C)(C)/C=[C](\PC(C)(C)C)[Al]([C](C)(C)C)[C](C)(C)C. The second kappa shape index (κ2) is 6.44. The first-order valence-corrected chi connectivity index (χ1v) is 10.7. The highest BCUT2D eigenvalue weighted by Crippen LogP contribution is 2.53. The monoisotopic (exact) mass is 312 g/mol. The van der Waals surface area contributed by atoms with Gasteiger partial charge in [0.2, 0.25) is 0 Å². The zero-order valence-electron chi connectivity index (χ0n) is 16.2. The van der Waals surface area contributed by atoms with Gasteiger partial charge in [-0.3, -0.25) is 0 Å². The minimum absolute atomic E-state index is 0.287. The molecular weight excluding hydrogens is 274 g/mol. The van der Waals surface area contributed by atoms with Gasteiger partial charge in [-0.2, -0.15) is 0 Å². The molecule has 0 aliphatic heterocycles. The number of allylic oxidation sites excluding steroid dienone is 1. The van der Waals surface area contributed by atoms with Crippen molar-refractivity contribution in [1.29, 1.82) is 0 Å². The minimum Gasteiger partial charge on any atom is -0.113 e. The molecule has 0 saturated heterocycles. The van der Waals surface area contributed by atoms with Crippen LogP contribution in [-0.4, -0.2) is 19.3 Å². The van der Waals surface area contributed by atoms with E-state index in [1.807, 2.05) is 4.18 Å². The Morgan fingerprint density at radius 3 is 1.25 bits per heavy atom. The van der Waals surface area contributed by atoms with Crippen molar-refractivity contribution in [1.82, 2.24) is 0 Å². The van der Waals surface area contributed by atoms with Crippen LogP contribution in [0.4, 0.5) is 0 Å². The summed E-state index contributed by atoms with van der Waals surface area (Å²) in [6, 6.07) is 0. The maximum absolute atomic E-state index is 2.62. The normalized spacial score (nSPS) is 16.1. The second-order valence-electron chi connectivity index (χ2n) is 10.5. The van der Waals surface area contributed by atoms with Crippen LogP contribution in [0, 0.1) is 5.41 Å². The molecule has 2 heteroatoms. The second-order valence-corrected chi connectivity index (χ2v) is 18.4. The molecule has 1 unspecified atom stereocenters. The molecule has 0 aliphatic rings. The Labute approximate surface area is 135 Å². The molecule has 0 rings (SSSR count). The fourth-order valence-corrected chi connectivity index (χ4v) is 14.3. The standard InChI is InChI=1S/C10H20P.2C4H9.Al/c1-9(2,3)7-8-11-10(4,5)6;2*1-4(2)3;/h7,11H,1-6H3;2*1-3H3;. The van der Waals surface area contributed by atoms with Gasteiger partial charge in [0.1, 0.15) is 0 Å². The van der Waals surface area contributed by atoms with Crippen LogP contribution >= 0.6 is 8.58 Å². The zero-order valence-corrected chi connectivity index (χ0v) is 18.3. The highest BCUT2D eigenvalue weighted by atomic mass is 31.1. The quantitative estimate of drug-likeness (QED) is 0.379. The third kappa shape index (κ3) is 8.22. The van der Waals surface area contributed by atoms with Crippen LogP contribution in [-0.2, 0) is 0 Å². The molecule has 1 atom stereocenters. The van der Waals surface area contributed by atoms with Crippen LogP contribution in [0.3, 0.4) is 0 Å². The van der Waals surface area contributed by atoms with Gasteiger partial charge >= 0.3 is 14.1 Å². The molecule has 0 amide bonds. The number of hydrogen-bond donors (Lipinski definition) is 0. The van der Waals surface area contributed by atoms with Crippen molar-refractivity contribution in [2.24, 2.45) is 5.41 Å². The average Bonchev–Trinajstić information content (AvgIpc) is 1.87. The first-order valence-electron chi connectivity index (χ1n) is 7.94. The molecule has 118 valence electrons. The van der Waals surface area contributed by atoms with Gasteiger partial charge in [0.25, 0.3) is 0 Å². The van der Waals surface area contributed by atoms with E-state index < -0.39 is 14.1 Å². The van der Waals surface area contributed by atoms with E-state index in [9.17, 15) is 0 Å². The van der Waals surface area contributed by atoms with Gasteiger partial charge in [-0.25, -0.2) is 0 Å². The Kier molecular flexibility index (Phi) is 6.67. The van der Waals surface area contributed by atoms with E-state index in [4.69, 9.17) is 0 Å². The molecular formula is C18H38AlP. The van der Waals surface area contributed by atoms with E-state index in [0.29, 0.717) is 13.7 Å². The molecule has 20 heavy (non-hydrogen) atoms. The summed E-state index contributed by atoms with van der Waals surface area (Å²) >= 11 is -1.05. The molecule has 0 spiro atoms. The van der Waals surface area contributed by atoms with Gasteiger partial charge in [-0.15, -0.1) is 12.8 Å². The summed E-state index contributed by atoms with van der Waals surface area (Å²) in [6.45, 7) is 28.9. The van der Waals surface area contributed by atoms with Gasteiger partial charge in [0.05, 0.1) is 0 Å². The molecule has 0 saturated carbocycles. The summed E-state index contributed by atoms with van der Waals surface area (Å²) < 4.78 is 2.69. The molecule has 0 radical (unpaired) electrons. The van der Waals surface area contributed by atoms with Crippen LogP contribution in [0.15, 0.2) is 10.3 Å². The molecule has 0 aliphatic carbocycles. The maximum atomic E-state index is 2.62. The van der Waals surface area contributed by atoms with Gasteiger partial charge in [-0.1, -0.05) is 97.7 Å². The van der Waals surface area contributed by atoms with Crippen molar-refractivity contribution < 1.29 is 0 Å². The Bertz CT molecular complexity index is 326. The molecule has 0 fully saturated rings. The average molecular weight is 312 g/mol. The zero-order chi connectivity index (χ0) is 16.6. The van der Waals surface area contributed by atoms with Gasteiger partial charge in [0, 0.05) is 0 Å². The van der Waals surface area contributed by atoms with Crippen molar-refractivity contribution >= 4 is 22.7 Å². The lowest BCUT2D eigenvalue weighted by atomic mass is 9.98. The van der Waals surface area contributed by atoms with Crippen LogP contribution < -0.4 is 0 Å². The van der Waals surface area contributed by atoms with Gasteiger partial charge < -0.3 is 0 Å². The summed E-state index contributed by atoms with van der Waals surface area (Å²) in [5.41, 5.74) is 0.287. The summed E-state index contributed by atoms with van der Waals surface area (Å²) in [5.74, 6) is 0. The van der Waals surface area contributed by atoms with E-state index >= 15 is 0 Å². The van der Waals surface area contributed by atoms with E-state index in [2.05, 4.69) is 89.2 Å². The summed E-state index contributed by atoms with van der Waals surface area (Å²) in [5, 5.41) is 0.402. The number of hydrogen-bond acceptors (Lipinski definition) is 0. The summed E-state index contributed by atoms with van der Waals surface area (Å²) in [4.78, 5) is 0. The van der Waals surface area contributed by atoms with Crippen molar-refractivity contribution in [2.45, 2.75) is 96.8 Å². The van der Waals surface area contributed by atoms with Crippen molar-refractivity contribution in [3.63, 3.8) is 0 Å². The van der Waals surface area contributed by atoms with E-state index in [1.165, 1.54) is 0 Å². The van der Waals surface area contributed by atoms with Crippen molar-refractivity contribution in [3.8, 4) is 0 Å². The molecule has 0 N–H and O–H groups in total. The predicted molar refractivity (Wildman–Crippen MR) is 101 cm³/mol. The van der Waals surface area contributed by atoms with E-state index in [-0.39, 0.29) is 5.41 Å². The van der Waals surface area contributed by atoms with E-state index in [0.717, 1.165) is 8.58 Å². The molecule has 0 bridgehead atoms. The Morgan fingerprint density at radius 2 is 1.05 bits per heavy atom. The third-order valence-corrected chi connectivity index (χ3v) is 9.89. The first kappa shape index (κ1) is 20.7. The van der Waals surface area contributed by atoms with Crippen LogP contribution in [0.2, 0.25) is 8.55 Å². The topological polar surface area (TPSA) is 0 Å². The predicted octanol–water partition coefficient (Wildman–Crippen LogP) is 7.03. The third-order valence-electron chi connectivity index (χ3n) is 3.15. The first-order chi connectivity index (χ1) is 8.43. The molecule has 0 heterocycles. The number of rotatable bonds is 2. The van der Waals surface area contributed by atoms with Crippen LogP contribution in [0.25, 0.3) is 0 Å². The fourth-order valence-electron chi connectivity index (χ4n) is 3.32. The van der Waals surface area contributed by atoms with Crippen LogP contribution in [0.5, 0.6) is 0 Å². The lowest BCUT2D eigenvalue weighted by molar-refractivity contribution is 0.542. The van der Waals surface area contributed by atoms with Crippen molar-refractivity contribution in [2.75, 3.05) is 0 Å². The largest absolute Gasteiger partial charge is 0.317 e. The molecule has 0 aromatic rings. The minimum atomic E-state index is -1.05. The summed E-state index contributed by atoms with van der Waals surface area (Å²) in [6.07, 6.45) is 2.62. The molecule has 0 aromatic carbocycles. The van der Waals surface area contributed by atoms with Gasteiger partial charge in [0.15, 0.2) is 0 Å². The Hall–Kier alpha value is 0.702. The highest BCUT2D eigenvalue weighted by Gasteiger charge is 2.44. The summed E-state index contributed by atoms with van der Waals surface area (Å²) in [7, 11) is 0.957. The van der Waals surface area contributed by atoms with Crippen LogP contribution in [0.1, 0.15) is 83.1 Å². The Morgan fingerprint density at radius 1 is 0.700 bits per heavy atom. The fraction of sp³-hybridized carbons (Fsp3) is 0.889. The lowest BCUT2D eigenvalue weighted by Gasteiger charge is -2.40. The lowest BCUT2D eigenvalue weighted by Crippen LogP contribution is -2.37. The maximum Gasteiger partial charge on any atom is 0.317 e. The smallest absolute Gasteiger partial charge is 0.113 e. The highest BCUT2D eigenvalue weighted by molar-refractivity contribution is 7.49. The van der Waals surface area contributed by atoms with Crippen molar-refractivity contribution in [3.05, 3.63) is 10.3 Å². The van der Waals surface area contributed by atoms with E-state index in [1.54, 1.807) is 0 Å². The Balaban J connectivity index is 5.88. The molecule has 0 aromatic heterocycles.